The van der Waals surface area contributed by atoms with E-state index in [1.165, 1.54) is 33.8 Å². The minimum Gasteiger partial charge on any atom is -0.391 e. The van der Waals surface area contributed by atoms with Crippen LogP contribution in [0.2, 0.25) is 5.02 Å². The van der Waals surface area contributed by atoms with Crippen molar-refractivity contribution in [3.63, 3.8) is 0 Å². The number of benzene rings is 1. The molecule has 0 aliphatic carbocycles. The van der Waals surface area contributed by atoms with E-state index in [4.69, 9.17) is 17.3 Å². The standard InChI is InChI=1S/C23H15ClF2N10O3/c24-10-1-3-14(35-9-28-33-34-35)12(7-10)13-8-18(37)36-15(4-5-16(36)29-13)19-21(26)32-22(31-19)11-2-6-17(30-20(11)25)39-23(27)38/h1-3,6-9,15H,4-5H2,(H2,27,38)(H,31,32)/t15-/m0/s1. The van der Waals surface area contributed by atoms with Crippen molar-refractivity contribution in [3.05, 3.63) is 81.5 Å². The van der Waals surface area contributed by atoms with Crippen LogP contribution < -0.4 is 16.0 Å². The normalized spacial score (nSPS) is 14.4. The SMILES string of the molecule is NC(=O)Oc1ccc(-c2nc(F)c([C@@H]3CCc4nc(-c5cc(Cl)ccc5-n5cnnn5)cc(=O)n43)[nH]2)c(F)n1. The number of ether oxygens (including phenoxy) is 1. The molecule has 1 aliphatic rings. The van der Waals surface area contributed by atoms with Crippen molar-refractivity contribution in [3.8, 4) is 34.2 Å². The molecule has 5 aromatic rings. The molecule has 1 aliphatic heterocycles. The van der Waals surface area contributed by atoms with Gasteiger partial charge in [0, 0.05) is 29.1 Å². The van der Waals surface area contributed by atoms with E-state index < -0.39 is 29.6 Å². The molecule has 6 rings (SSSR count). The molecule has 13 nitrogen and oxygen atoms in total. The second-order valence-corrected chi connectivity index (χ2v) is 8.87. The molecule has 196 valence electrons. The van der Waals surface area contributed by atoms with Crippen LogP contribution in [0, 0.1) is 11.9 Å². The van der Waals surface area contributed by atoms with E-state index in [0.29, 0.717) is 40.6 Å². The van der Waals surface area contributed by atoms with Gasteiger partial charge in [-0.05, 0) is 41.1 Å². The third-order valence-corrected chi connectivity index (χ3v) is 6.35. The number of pyridine rings is 1. The fourth-order valence-electron chi connectivity index (χ4n) is 4.51. The van der Waals surface area contributed by atoms with Crippen molar-refractivity contribution < 1.29 is 18.3 Å². The number of nitrogens with two attached hydrogens (primary N) is 1. The van der Waals surface area contributed by atoms with E-state index >= 15 is 4.39 Å². The smallest absolute Gasteiger partial charge is 0.391 e. The Hall–Kier alpha value is -5.05. The number of amides is 1. The van der Waals surface area contributed by atoms with Gasteiger partial charge < -0.3 is 15.5 Å². The molecule has 1 amide bonds. The molecular weight excluding hydrogens is 538 g/mol. The van der Waals surface area contributed by atoms with Crippen LogP contribution in [0.1, 0.15) is 24.0 Å². The van der Waals surface area contributed by atoms with E-state index in [1.54, 1.807) is 18.2 Å². The number of aromatic nitrogens is 9. The highest BCUT2D eigenvalue weighted by atomic mass is 35.5. The Bertz CT molecular complexity index is 1800. The number of nitrogens with one attached hydrogen (secondary N) is 1. The van der Waals surface area contributed by atoms with Crippen LogP contribution in [0.3, 0.4) is 0 Å². The number of halogens is 3. The van der Waals surface area contributed by atoms with Gasteiger partial charge in [-0.1, -0.05) is 11.6 Å². The number of carbonyl (C=O) groups is 1. The Labute approximate surface area is 221 Å². The zero-order chi connectivity index (χ0) is 27.3. The average molecular weight is 553 g/mol. The third kappa shape index (κ3) is 4.37. The highest BCUT2D eigenvalue weighted by Crippen LogP contribution is 2.34. The number of nitrogens with zero attached hydrogens (tertiary/aromatic N) is 8. The van der Waals surface area contributed by atoms with Gasteiger partial charge in [0.1, 0.15) is 18.0 Å². The van der Waals surface area contributed by atoms with Gasteiger partial charge in [-0.3, -0.25) is 9.36 Å². The number of hydrogen-bond donors (Lipinski definition) is 2. The van der Waals surface area contributed by atoms with Crippen molar-refractivity contribution in [1.29, 1.82) is 0 Å². The monoisotopic (exact) mass is 552 g/mol. The van der Waals surface area contributed by atoms with Crippen LogP contribution in [0.25, 0.3) is 28.3 Å². The number of rotatable bonds is 5. The van der Waals surface area contributed by atoms with Crippen molar-refractivity contribution in [2.24, 2.45) is 5.73 Å². The Balaban J connectivity index is 1.37. The van der Waals surface area contributed by atoms with Crippen LogP contribution in [0.15, 0.2) is 47.5 Å². The van der Waals surface area contributed by atoms with Gasteiger partial charge in [0.25, 0.3) is 5.56 Å². The lowest BCUT2D eigenvalue weighted by Gasteiger charge is -2.14. The van der Waals surface area contributed by atoms with Crippen LogP contribution in [-0.4, -0.2) is 50.8 Å². The molecule has 3 N–H and O–H groups in total. The summed E-state index contributed by atoms with van der Waals surface area (Å²) in [7, 11) is 0. The number of tetrazole rings is 1. The summed E-state index contributed by atoms with van der Waals surface area (Å²) in [5.41, 5.74) is 5.71. The first-order valence-electron chi connectivity index (χ1n) is 11.3. The number of aryl methyl sites for hydroxylation is 1. The van der Waals surface area contributed by atoms with E-state index in [0.717, 1.165) is 0 Å². The maximum absolute atomic E-state index is 15.0. The summed E-state index contributed by atoms with van der Waals surface area (Å²) in [5.74, 6) is -2.08. The second-order valence-electron chi connectivity index (χ2n) is 8.44. The van der Waals surface area contributed by atoms with Crippen LogP contribution >= 0.6 is 11.6 Å². The van der Waals surface area contributed by atoms with E-state index in [2.05, 4.69) is 40.2 Å². The maximum Gasteiger partial charge on any atom is 0.411 e. The summed E-state index contributed by atoms with van der Waals surface area (Å²) >= 11 is 6.22. The van der Waals surface area contributed by atoms with Crippen molar-refractivity contribution >= 4 is 17.7 Å². The summed E-state index contributed by atoms with van der Waals surface area (Å²) in [6.07, 6.45) is 0.937. The fourth-order valence-corrected chi connectivity index (χ4v) is 4.68. The number of primary amides is 1. The largest absolute Gasteiger partial charge is 0.411 e. The zero-order valence-corrected chi connectivity index (χ0v) is 20.3. The molecule has 0 spiro atoms. The Morgan fingerprint density at radius 3 is 2.69 bits per heavy atom. The summed E-state index contributed by atoms with van der Waals surface area (Å²) < 4.78 is 36.9. The van der Waals surface area contributed by atoms with Crippen molar-refractivity contribution in [1.82, 2.24) is 44.7 Å². The summed E-state index contributed by atoms with van der Waals surface area (Å²) in [6, 6.07) is 7.95. The van der Waals surface area contributed by atoms with Gasteiger partial charge in [-0.15, -0.1) is 5.10 Å². The lowest BCUT2D eigenvalue weighted by Crippen LogP contribution is -2.25. The molecular formula is C23H15ClF2N10O3. The first kappa shape index (κ1) is 24.3. The second kappa shape index (κ2) is 9.36. The molecule has 1 aromatic carbocycles. The lowest BCUT2D eigenvalue weighted by atomic mass is 10.1. The van der Waals surface area contributed by atoms with E-state index in [-0.39, 0.29) is 23.0 Å². The molecule has 16 heteroatoms. The molecule has 5 heterocycles. The number of imidazole rings is 1. The highest BCUT2D eigenvalue weighted by Gasteiger charge is 2.31. The Kier molecular flexibility index (Phi) is 5.83. The van der Waals surface area contributed by atoms with Gasteiger partial charge in [0.05, 0.1) is 28.7 Å². The molecule has 0 bridgehead atoms. The quantitative estimate of drug-likeness (QED) is 0.311. The van der Waals surface area contributed by atoms with Gasteiger partial charge in [0.15, 0.2) is 0 Å². The van der Waals surface area contributed by atoms with Gasteiger partial charge in [-0.25, -0.2) is 9.78 Å². The number of aromatic amines is 1. The predicted octanol–water partition coefficient (Wildman–Crippen LogP) is 2.60. The molecule has 0 saturated heterocycles. The Morgan fingerprint density at radius 2 is 1.95 bits per heavy atom. The summed E-state index contributed by atoms with van der Waals surface area (Å²) in [4.78, 5) is 38.9. The summed E-state index contributed by atoms with van der Waals surface area (Å²) in [6.45, 7) is 0. The minimum atomic E-state index is -1.16. The molecule has 0 unspecified atom stereocenters. The van der Waals surface area contributed by atoms with Crippen LogP contribution in [0.5, 0.6) is 5.88 Å². The van der Waals surface area contributed by atoms with Crippen molar-refractivity contribution in [2.75, 3.05) is 0 Å². The average Bonchev–Trinajstić information content (AvgIpc) is 3.64. The molecule has 0 radical (unpaired) electrons. The predicted molar refractivity (Wildman–Crippen MR) is 130 cm³/mol. The number of hydrogen-bond acceptors (Lipinski definition) is 9. The third-order valence-electron chi connectivity index (χ3n) is 6.11. The summed E-state index contributed by atoms with van der Waals surface area (Å²) in [5, 5.41) is 11.6. The van der Waals surface area contributed by atoms with Gasteiger partial charge in [0.2, 0.25) is 17.8 Å². The van der Waals surface area contributed by atoms with Crippen LogP contribution in [0.4, 0.5) is 13.6 Å². The van der Waals surface area contributed by atoms with E-state index in [1.807, 2.05) is 0 Å². The molecule has 1 atom stereocenters. The zero-order valence-electron chi connectivity index (χ0n) is 19.5. The molecule has 4 aromatic heterocycles. The fraction of sp³-hybridized carbons (Fsp3) is 0.130. The maximum atomic E-state index is 15.0. The lowest BCUT2D eigenvalue weighted by molar-refractivity contribution is 0.208. The molecule has 39 heavy (non-hydrogen) atoms. The minimum absolute atomic E-state index is 0.0191. The number of carbonyl (C=O) groups excluding carboxylic acids is 1. The van der Waals surface area contributed by atoms with E-state index in [9.17, 15) is 14.0 Å². The molecule has 0 fully saturated rings. The topological polar surface area (TPSA) is 172 Å². The van der Waals surface area contributed by atoms with Crippen molar-refractivity contribution in [2.45, 2.75) is 18.9 Å². The highest BCUT2D eigenvalue weighted by molar-refractivity contribution is 6.31. The molecule has 0 saturated carbocycles. The number of H-pyrrole nitrogens is 1. The van der Waals surface area contributed by atoms with Crippen LogP contribution in [-0.2, 0) is 6.42 Å². The first-order chi connectivity index (χ1) is 18.8. The van der Waals surface area contributed by atoms with Gasteiger partial charge in [-0.2, -0.15) is 23.4 Å². The van der Waals surface area contributed by atoms with Gasteiger partial charge >= 0.3 is 6.09 Å². The first-order valence-corrected chi connectivity index (χ1v) is 11.7. The number of fused-ring (bicyclic) bond motifs is 1. The Morgan fingerprint density at radius 1 is 1.10 bits per heavy atom.